The minimum atomic E-state index is -0.112. The number of imide groups is 1. The molecule has 2 bridgehead atoms. The highest BCUT2D eigenvalue weighted by Crippen LogP contribution is 2.52. The number of ether oxygens (including phenoxy) is 1. The number of rotatable bonds is 8. The Morgan fingerprint density at radius 1 is 1.20 bits per heavy atom. The molecule has 138 valence electrons. The number of nitrogens with one attached hydrogen (secondary N) is 2. The minimum absolute atomic E-state index is 0.00770. The fourth-order valence-electron chi connectivity index (χ4n) is 4.22. The minimum Gasteiger partial charge on any atom is -0.382 e. The molecule has 0 radical (unpaired) electrons. The van der Waals surface area contributed by atoms with E-state index in [0.29, 0.717) is 19.0 Å². The van der Waals surface area contributed by atoms with E-state index in [1.54, 1.807) is 7.05 Å². The van der Waals surface area contributed by atoms with E-state index >= 15 is 0 Å². The molecule has 4 unspecified atom stereocenters. The Balaban J connectivity index is 1.42. The SMILES string of the molecule is CCOCCCNC(=NC)NCCN1C(=O)C2C3C=CC(C3)C2C1=O. The lowest BCUT2D eigenvalue weighted by Gasteiger charge is -2.18. The molecule has 7 nitrogen and oxygen atoms in total. The van der Waals surface area contributed by atoms with Crippen LogP contribution in [0.2, 0.25) is 0 Å². The monoisotopic (exact) mass is 348 g/mol. The van der Waals surface area contributed by atoms with Crippen molar-refractivity contribution in [3.63, 3.8) is 0 Å². The smallest absolute Gasteiger partial charge is 0.233 e. The van der Waals surface area contributed by atoms with Crippen LogP contribution in [0.25, 0.3) is 0 Å². The van der Waals surface area contributed by atoms with Gasteiger partial charge in [0.2, 0.25) is 11.8 Å². The number of hydrogen-bond acceptors (Lipinski definition) is 4. The van der Waals surface area contributed by atoms with Crippen LogP contribution in [0.15, 0.2) is 17.1 Å². The summed E-state index contributed by atoms with van der Waals surface area (Å²) in [5, 5.41) is 6.37. The Bertz CT molecular complexity index is 545. The van der Waals surface area contributed by atoms with Crippen molar-refractivity contribution in [1.82, 2.24) is 15.5 Å². The van der Waals surface area contributed by atoms with Crippen molar-refractivity contribution in [2.75, 3.05) is 39.9 Å². The molecule has 2 fully saturated rings. The van der Waals surface area contributed by atoms with Crippen LogP contribution in [0.4, 0.5) is 0 Å². The fraction of sp³-hybridized carbons (Fsp3) is 0.722. The highest BCUT2D eigenvalue weighted by atomic mass is 16.5. The summed E-state index contributed by atoms with van der Waals surface area (Å²) in [6.07, 6.45) is 6.10. The third-order valence-corrected chi connectivity index (χ3v) is 5.38. The van der Waals surface area contributed by atoms with E-state index in [-0.39, 0.29) is 35.5 Å². The van der Waals surface area contributed by atoms with Crippen LogP contribution in [0, 0.1) is 23.7 Å². The molecule has 3 rings (SSSR count). The van der Waals surface area contributed by atoms with Gasteiger partial charge < -0.3 is 15.4 Å². The van der Waals surface area contributed by atoms with Crippen LogP contribution in [-0.2, 0) is 14.3 Å². The Morgan fingerprint density at radius 2 is 1.84 bits per heavy atom. The first-order valence-electron chi connectivity index (χ1n) is 9.23. The molecule has 0 aromatic rings. The maximum atomic E-state index is 12.6. The van der Waals surface area contributed by atoms with E-state index in [1.165, 1.54) is 4.90 Å². The molecule has 0 spiro atoms. The first-order chi connectivity index (χ1) is 12.2. The second-order valence-electron chi connectivity index (χ2n) is 6.80. The van der Waals surface area contributed by atoms with Crippen molar-refractivity contribution < 1.29 is 14.3 Å². The number of allylic oxidation sites excluding steroid dienone is 2. The van der Waals surface area contributed by atoms with E-state index < -0.39 is 0 Å². The van der Waals surface area contributed by atoms with E-state index in [2.05, 4.69) is 27.8 Å². The maximum absolute atomic E-state index is 12.6. The van der Waals surface area contributed by atoms with E-state index in [0.717, 1.165) is 32.6 Å². The molecule has 4 atom stereocenters. The summed E-state index contributed by atoms with van der Waals surface area (Å²) in [7, 11) is 1.71. The van der Waals surface area contributed by atoms with Crippen molar-refractivity contribution in [2.45, 2.75) is 19.8 Å². The zero-order valence-corrected chi connectivity index (χ0v) is 15.0. The number of carbonyl (C=O) groups excluding carboxylic acids is 2. The van der Waals surface area contributed by atoms with Crippen LogP contribution in [0.5, 0.6) is 0 Å². The summed E-state index contributed by atoms with van der Waals surface area (Å²) in [4.78, 5) is 30.8. The van der Waals surface area contributed by atoms with Gasteiger partial charge in [0, 0.05) is 39.9 Å². The van der Waals surface area contributed by atoms with Gasteiger partial charge >= 0.3 is 0 Å². The summed E-state index contributed by atoms with van der Waals surface area (Å²) >= 11 is 0. The molecule has 25 heavy (non-hydrogen) atoms. The van der Waals surface area contributed by atoms with E-state index in [4.69, 9.17) is 4.74 Å². The number of amides is 2. The molecule has 1 saturated heterocycles. The molecule has 2 N–H and O–H groups in total. The first kappa shape index (κ1) is 17.9. The van der Waals surface area contributed by atoms with Crippen molar-refractivity contribution in [1.29, 1.82) is 0 Å². The van der Waals surface area contributed by atoms with Crippen molar-refractivity contribution in [2.24, 2.45) is 28.7 Å². The predicted molar refractivity (Wildman–Crippen MR) is 94.9 cm³/mol. The average molecular weight is 348 g/mol. The van der Waals surface area contributed by atoms with Gasteiger partial charge in [0.15, 0.2) is 5.96 Å². The third kappa shape index (κ3) is 3.56. The summed E-state index contributed by atoms with van der Waals surface area (Å²) < 4.78 is 5.29. The van der Waals surface area contributed by atoms with Gasteiger partial charge in [-0.25, -0.2) is 0 Å². The van der Waals surface area contributed by atoms with Gasteiger partial charge in [0.25, 0.3) is 0 Å². The second kappa shape index (κ2) is 7.99. The molecule has 1 heterocycles. The van der Waals surface area contributed by atoms with Crippen LogP contribution in [0.3, 0.4) is 0 Å². The molecule has 0 aromatic heterocycles. The molecule has 0 aromatic carbocycles. The zero-order chi connectivity index (χ0) is 17.8. The normalized spacial score (nSPS) is 30.3. The molecular weight excluding hydrogens is 320 g/mol. The number of aliphatic imine (C=N–C) groups is 1. The quantitative estimate of drug-likeness (QED) is 0.218. The molecule has 7 heteroatoms. The van der Waals surface area contributed by atoms with Crippen LogP contribution < -0.4 is 10.6 Å². The first-order valence-corrected chi connectivity index (χ1v) is 9.23. The average Bonchev–Trinajstić information content (AvgIpc) is 3.29. The zero-order valence-electron chi connectivity index (χ0n) is 15.0. The Morgan fingerprint density at radius 3 is 2.44 bits per heavy atom. The van der Waals surface area contributed by atoms with E-state index in [9.17, 15) is 9.59 Å². The largest absolute Gasteiger partial charge is 0.382 e. The molecule has 2 amide bonds. The van der Waals surface area contributed by atoms with Crippen LogP contribution in [-0.4, -0.2) is 62.6 Å². The molecule has 1 saturated carbocycles. The number of fused-ring (bicyclic) bond motifs is 5. The fourth-order valence-corrected chi connectivity index (χ4v) is 4.22. The Labute approximate surface area is 148 Å². The van der Waals surface area contributed by atoms with Gasteiger partial charge in [0.1, 0.15) is 0 Å². The predicted octanol–water partition coefficient (Wildman–Crippen LogP) is 0.385. The number of nitrogens with zero attached hydrogens (tertiary/aromatic N) is 2. The summed E-state index contributed by atoms with van der Waals surface area (Å²) in [5.74, 6) is 1.00. The molecule has 3 aliphatic rings. The van der Waals surface area contributed by atoms with Gasteiger partial charge in [-0.1, -0.05) is 12.2 Å². The third-order valence-electron chi connectivity index (χ3n) is 5.38. The molecular formula is C18H28N4O3. The van der Waals surface area contributed by atoms with Crippen LogP contribution >= 0.6 is 0 Å². The summed E-state index contributed by atoms with van der Waals surface area (Å²) in [6.45, 7) is 5.08. The van der Waals surface area contributed by atoms with Gasteiger partial charge in [-0.2, -0.15) is 0 Å². The summed E-state index contributed by atoms with van der Waals surface area (Å²) in [6, 6.07) is 0. The lowest BCUT2D eigenvalue weighted by atomic mass is 9.85. The molecule has 2 aliphatic carbocycles. The standard InChI is InChI=1S/C18H28N4O3/c1-3-25-10-4-7-20-18(19-2)21-8-9-22-16(23)14-12-5-6-13(11-12)15(14)17(22)24/h5-6,12-15H,3-4,7-11H2,1-2H3,(H2,19,20,21). The van der Waals surface area contributed by atoms with E-state index in [1.807, 2.05) is 6.92 Å². The highest BCUT2D eigenvalue weighted by Gasteiger charge is 2.58. The van der Waals surface area contributed by atoms with Crippen molar-refractivity contribution in [3.8, 4) is 0 Å². The van der Waals surface area contributed by atoms with Crippen LogP contribution in [0.1, 0.15) is 19.8 Å². The molecule has 1 aliphatic heterocycles. The van der Waals surface area contributed by atoms with Gasteiger partial charge in [0.05, 0.1) is 11.8 Å². The van der Waals surface area contributed by atoms with Gasteiger partial charge in [-0.3, -0.25) is 19.5 Å². The topological polar surface area (TPSA) is 83.0 Å². The highest BCUT2D eigenvalue weighted by molar-refractivity contribution is 6.06. The number of hydrogen-bond donors (Lipinski definition) is 2. The maximum Gasteiger partial charge on any atom is 0.233 e. The summed E-state index contributed by atoms with van der Waals surface area (Å²) in [5.41, 5.74) is 0. The number of likely N-dealkylation sites (tertiary alicyclic amines) is 1. The van der Waals surface area contributed by atoms with Gasteiger partial charge in [-0.15, -0.1) is 0 Å². The Kier molecular flexibility index (Phi) is 5.73. The van der Waals surface area contributed by atoms with Crippen molar-refractivity contribution >= 4 is 17.8 Å². The number of guanidine groups is 1. The van der Waals surface area contributed by atoms with Gasteiger partial charge in [-0.05, 0) is 31.6 Å². The van der Waals surface area contributed by atoms with Crippen molar-refractivity contribution in [3.05, 3.63) is 12.2 Å². The second-order valence-corrected chi connectivity index (χ2v) is 6.80. The number of carbonyl (C=O) groups is 2. The lowest BCUT2D eigenvalue weighted by Crippen LogP contribution is -2.44. The Hall–Kier alpha value is -1.89. The lowest BCUT2D eigenvalue weighted by molar-refractivity contribution is -0.140.